The fourth-order valence-electron chi connectivity index (χ4n) is 3.76. The molecule has 0 spiro atoms. The van der Waals surface area contributed by atoms with E-state index in [2.05, 4.69) is 22.1 Å². The molecule has 6 heteroatoms. The molecule has 0 saturated carbocycles. The number of thiophene rings is 1. The molecule has 0 bridgehead atoms. The van der Waals surface area contributed by atoms with Crippen LogP contribution in [0.25, 0.3) is 15.9 Å². The van der Waals surface area contributed by atoms with Gasteiger partial charge < -0.3 is 4.74 Å². The average molecular weight is 314 g/mol. The van der Waals surface area contributed by atoms with Crippen LogP contribution in [0.4, 0.5) is 0 Å². The molecule has 1 fully saturated rings. The van der Waals surface area contributed by atoms with Crippen molar-refractivity contribution in [3.05, 3.63) is 22.6 Å². The summed E-state index contributed by atoms with van der Waals surface area (Å²) in [6.07, 6.45) is 7.64. The molecule has 0 amide bonds. The normalized spacial score (nSPS) is 25.1. The molecule has 0 unspecified atom stereocenters. The van der Waals surface area contributed by atoms with Gasteiger partial charge in [-0.05, 0) is 43.6 Å². The van der Waals surface area contributed by atoms with Gasteiger partial charge in [-0.25, -0.2) is 4.98 Å². The first-order valence-corrected chi connectivity index (χ1v) is 8.88. The van der Waals surface area contributed by atoms with Gasteiger partial charge in [-0.1, -0.05) is 6.92 Å². The van der Waals surface area contributed by atoms with E-state index in [0.29, 0.717) is 0 Å². The molecule has 0 aromatic carbocycles. The molecule has 5 nitrogen and oxygen atoms in total. The number of rotatable bonds is 1. The summed E-state index contributed by atoms with van der Waals surface area (Å²) in [5.74, 6) is 1.68. The maximum Gasteiger partial charge on any atom is 0.172 e. The minimum absolute atomic E-state index is 0.0729. The maximum atomic E-state index is 5.78. The molecule has 1 saturated heterocycles. The van der Waals surface area contributed by atoms with Crippen molar-refractivity contribution in [2.45, 2.75) is 45.1 Å². The highest BCUT2D eigenvalue weighted by atomic mass is 32.1. The second-order valence-corrected chi connectivity index (χ2v) is 7.61. The van der Waals surface area contributed by atoms with Gasteiger partial charge in [0.1, 0.15) is 17.3 Å². The number of hydrogen-bond donors (Lipinski definition) is 0. The van der Waals surface area contributed by atoms with Crippen LogP contribution in [0.5, 0.6) is 0 Å². The third kappa shape index (κ3) is 1.77. The van der Waals surface area contributed by atoms with E-state index in [4.69, 9.17) is 4.74 Å². The van der Waals surface area contributed by atoms with Gasteiger partial charge in [-0.2, -0.15) is 0 Å². The minimum Gasteiger partial charge on any atom is -0.370 e. The summed E-state index contributed by atoms with van der Waals surface area (Å²) in [6.45, 7) is 3.16. The Morgan fingerprint density at radius 3 is 3.14 bits per heavy atom. The number of fused-ring (bicyclic) bond motifs is 5. The maximum absolute atomic E-state index is 5.78. The van der Waals surface area contributed by atoms with Gasteiger partial charge in [-0.15, -0.1) is 21.5 Å². The van der Waals surface area contributed by atoms with E-state index in [1.54, 1.807) is 0 Å². The molecule has 22 heavy (non-hydrogen) atoms. The molecule has 4 heterocycles. The summed E-state index contributed by atoms with van der Waals surface area (Å²) < 4.78 is 7.82. The van der Waals surface area contributed by atoms with Crippen molar-refractivity contribution < 1.29 is 4.74 Å². The van der Waals surface area contributed by atoms with Gasteiger partial charge in [0.2, 0.25) is 0 Å². The third-order valence-electron chi connectivity index (χ3n) is 4.95. The van der Waals surface area contributed by atoms with Crippen molar-refractivity contribution in [3.8, 4) is 0 Å². The Kier molecular flexibility index (Phi) is 2.79. The molecule has 114 valence electrons. The minimum atomic E-state index is 0.0729. The van der Waals surface area contributed by atoms with Crippen LogP contribution in [0.15, 0.2) is 6.33 Å². The Morgan fingerprint density at radius 1 is 1.32 bits per heavy atom. The summed E-state index contributed by atoms with van der Waals surface area (Å²) in [5, 5.41) is 10.1. The summed E-state index contributed by atoms with van der Waals surface area (Å²) in [5.41, 5.74) is 2.42. The summed E-state index contributed by atoms with van der Waals surface area (Å²) >= 11 is 1.84. The Labute approximate surface area is 132 Å². The lowest BCUT2D eigenvalue weighted by Crippen LogP contribution is -2.08. The van der Waals surface area contributed by atoms with Gasteiger partial charge in [0.05, 0.1) is 5.39 Å². The summed E-state index contributed by atoms with van der Waals surface area (Å²) in [7, 11) is 0. The predicted molar refractivity (Wildman–Crippen MR) is 85.3 cm³/mol. The number of nitrogens with zero attached hydrogens (tertiary/aromatic N) is 4. The van der Waals surface area contributed by atoms with Crippen LogP contribution in [0.1, 0.15) is 48.6 Å². The lowest BCUT2D eigenvalue weighted by molar-refractivity contribution is 0.104. The Balaban J connectivity index is 1.74. The molecule has 0 radical (unpaired) electrons. The topological polar surface area (TPSA) is 52.3 Å². The standard InChI is InChI=1S/C16H18N4OS/c1-9-4-5-10-12(7-9)22-16-13(10)15-19-18-14(20(15)8-17-16)11-3-2-6-21-11/h8-9,11H,2-7H2,1H3/t9-,11+/m0/s1. The third-order valence-corrected chi connectivity index (χ3v) is 6.11. The molecule has 2 atom stereocenters. The van der Waals surface area contributed by atoms with E-state index >= 15 is 0 Å². The first-order chi connectivity index (χ1) is 10.8. The highest BCUT2D eigenvalue weighted by Gasteiger charge is 2.27. The van der Waals surface area contributed by atoms with Crippen LogP contribution in [0.3, 0.4) is 0 Å². The van der Waals surface area contributed by atoms with Crippen LogP contribution in [-0.4, -0.2) is 26.2 Å². The Bertz CT molecular complexity index is 862. The lowest BCUT2D eigenvalue weighted by atomic mass is 9.89. The van der Waals surface area contributed by atoms with Crippen LogP contribution < -0.4 is 0 Å². The van der Waals surface area contributed by atoms with E-state index in [1.807, 2.05) is 22.1 Å². The fraction of sp³-hybridized carbons (Fsp3) is 0.562. The zero-order chi connectivity index (χ0) is 14.7. The molecule has 0 N–H and O–H groups in total. The quantitative estimate of drug-likeness (QED) is 0.691. The number of ether oxygens (including phenoxy) is 1. The van der Waals surface area contributed by atoms with Gasteiger partial charge in [0.25, 0.3) is 0 Å². The smallest absolute Gasteiger partial charge is 0.172 e. The van der Waals surface area contributed by atoms with E-state index < -0.39 is 0 Å². The van der Waals surface area contributed by atoms with Crippen LogP contribution in [0, 0.1) is 5.92 Å². The second-order valence-electron chi connectivity index (χ2n) is 6.53. The molecule has 1 aliphatic heterocycles. The van der Waals surface area contributed by atoms with Crippen molar-refractivity contribution in [1.82, 2.24) is 19.6 Å². The zero-order valence-corrected chi connectivity index (χ0v) is 13.4. The number of aryl methyl sites for hydroxylation is 1. The van der Waals surface area contributed by atoms with E-state index in [1.165, 1.54) is 28.7 Å². The number of aromatic nitrogens is 4. The summed E-state index contributed by atoms with van der Waals surface area (Å²) in [6, 6.07) is 0. The van der Waals surface area contributed by atoms with Crippen molar-refractivity contribution in [2.24, 2.45) is 5.92 Å². The Hall–Kier alpha value is -1.53. The largest absolute Gasteiger partial charge is 0.370 e. The monoisotopic (exact) mass is 314 g/mol. The van der Waals surface area contributed by atoms with Gasteiger partial charge in [0.15, 0.2) is 11.5 Å². The van der Waals surface area contributed by atoms with Gasteiger partial charge in [-0.3, -0.25) is 4.40 Å². The van der Waals surface area contributed by atoms with Crippen molar-refractivity contribution in [1.29, 1.82) is 0 Å². The summed E-state index contributed by atoms with van der Waals surface area (Å²) in [4.78, 5) is 7.30. The highest BCUT2D eigenvalue weighted by Crippen LogP contribution is 2.39. The van der Waals surface area contributed by atoms with E-state index in [0.717, 1.165) is 48.1 Å². The van der Waals surface area contributed by atoms with Crippen molar-refractivity contribution in [3.63, 3.8) is 0 Å². The molecule has 5 rings (SSSR count). The SMILES string of the molecule is C[C@H]1CCc2c(sc3ncn4c([C@H]5CCCO5)nnc4c23)C1. The zero-order valence-electron chi connectivity index (χ0n) is 12.6. The number of hydrogen-bond acceptors (Lipinski definition) is 5. The lowest BCUT2D eigenvalue weighted by Gasteiger charge is -2.17. The highest BCUT2D eigenvalue weighted by molar-refractivity contribution is 7.19. The van der Waals surface area contributed by atoms with E-state index in [-0.39, 0.29) is 6.10 Å². The van der Waals surface area contributed by atoms with Crippen LogP contribution in [-0.2, 0) is 17.6 Å². The van der Waals surface area contributed by atoms with Crippen molar-refractivity contribution in [2.75, 3.05) is 6.61 Å². The fourth-order valence-corrected chi connectivity index (χ4v) is 5.10. The average Bonchev–Trinajstić information content (AvgIpc) is 3.22. The predicted octanol–water partition coefficient (Wildman–Crippen LogP) is 3.32. The van der Waals surface area contributed by atoms with Crippen LogP contribution >= 0.6 is 11.3 Å². The van der Waals surface area contributed by atoms with Crippen molar-refractivity contribution >= 4 is 27.2 Å². The van der Waals surface area contributed by atoms with E-state index in [9.17, 15) is 0 Å². The first-order valence-electron chi connectivity index (χ1n) is 8.06. The molecule has 3 aromatic heterocycles. The van der Waals surface area contributed by atoms with Gasteiger partial charge in [0, 0.05) is 11.5 Å². The molecule has 2 aliphatic rings. The molecule has 1 aliphatic carbocycles. The molecule has 3 aromatic rings. The Morgan fingerprint density at radius 2 is 2.27 bits per heavy atom. The first kappa shape index (κ1) is 13.0. The van der Waals surface area contributed by atoms with Gasteiger partial charge >= 0.3 is 0 Å². The molecular weight excluding hydrogens is 296 g/mol. The molecular formula is C16H18N4OS. The second kappa shape index (κ2) is 4.73. The van der Waals surface area contributed by atoms with Crippen LogP contribution in [0.2, 0.25) is 0 Å².